The number of hydrogen-bond donors (Lipinski definition) is 3. The topological polar surface area (TPSA) is 61.4 Å². The second-order valence-electron chi connectivity index (χ2n) is 6.04. The molecule has 1 fully saturated rings. The van der Waals surface area contributed by atoms with Crippen molar-refractivity contribution in [2.45, 2.75) is 38.1 Å². The highest BCUT2D eigenvalue weighted by molar-refractivity contribution is 6.07. The van der Waals surface area contributed by atoms with Gasteiger partial charge in [0.05, 0.1) is 5.41 Å². The number of nitrogens with one attached hydrogen (secondary N) is 2. The first-order valence-electron chi connectivity index (χ1n) is 6.92. The molecule has 102 valence electrons. The largest absolute Gasteiger partial charge is 0.508 e. The Morgan fingerprint density at radius 3 is 3.00 bits per heavy atom. The van der Waals surface area contributed by atoms with E-state index < -0.39 is 5.41 Å². The summed E-state index contributed by atoms with van der Waals surface area (Å²) >= 11 is 0. The molecule has 2 aliphatic heterocycles. The van der Waals surface area contributed by atoms with Crippen molar-refractivity contribution in [2.75, 3.05) is 11.9 Å². The zero-order valence-electron chi connectivity index (χ0n) is 11.4. The highest BCUT2D eigenvalue weighted by Crippen LogP contribution is 2.47. The lowest BCUT2D eigenvalue weighted by Gasteiger charge is -2.30. The third kappa shape index (κ3) is 1.74. The maximum absolute atomic E-state index is 12.5. The molecule has 4 heteroatoms. The van der Waals surface area contributed by atoms with Gasteiger partial charge in [0, 0.05) is 17.8 Å². The fourth-order valence-electron chi connectivity index (χ4n) is 3.52. The van der Waals surface area contributed by atoms with Gasteiger partial charge < -0.3 is 15.7 Å². The second-order valence-corrected chi connectivity index (χ2v) is 6.04. The summed E-state index contributed by atoms with van der Waals surface area (Å²) in [5, 5.41) is 16.0. The Balaban J connectivity index is 2.06. The third-order valence-corrected chi connectivity index (χ3v) is 4.35. The van der Waals surface area contributed by atoms with Crippen molar-refractivity contribution < 1.29 is 9.90 Å². The van der Waals surface area contributed by atoms with Crippen LogP contribution >= 0.6 is 0 Å². The van der Waals surface area contributed by atoms with Crippen molar-refractivity contribution in [2.24, 2.45) is 5.92 Å². The molecule has 3 rings (SSSR count). The van der Waals surface area contributed by atoms with E-state index in [-0.39, 0.29) is 17.7 Å². The Morgan fingerprint density at radius 2 is 2.26 bits per heavy atom. The van der Waals surface area contributed by atoms with Gasteiger partial charge in [-0.2, -0.15) is 0 Å². The molecule has 19 heavy (non-hydrogen) atoms. The molecule has 1 amide bonds. The number of carbonyl (C=O) groups is 1. The monoisotopic (exact) mass is 260 g/mol. The van der Waals surface area contributed by atoms with E-state index in [1.807, 2.05) is 6.07 Å². The molecule has 4 nitrogen and oxygen atoms in total. The normalized spacial score (nSPS) is 29.0. The molecule has 2 atom stereocenters. The first kappa shape index (κ1) is 12.5. The lowest BCUT2D eigenvalue weighted by molar-refractivity contribution is -0.121. The molecule has 0 aromatic heterocycles. The number of fused-ring (bicyclic) bond motifs is 2. The maximum Gasteiger partial charge on any atom is 0.236 e. The molecule has 2 heterocycles. The molecule has 0 aliphatic carbocycles. The van der Waals surface area contributed by atoms with Gasteiger partial charge in [-0.15, -0.1) is 0 Å². The molecule has 0 saturated carbocycles. The van der Waals surface area contributed by atoms with Gasteiger partial charge in [0.15, 0.2) is 0 Å². The van der Waals surface area contributed by atoms with Crippen LogP contribution in [0.15, 0.2) is 18.2 Å². The zero-order valence-corrected chi connectivity index (χ0v) is 11.4. The summed E-state index contributed by atoms with van der Waals surface area (Å²) in [4.78, 5) is 12.5. The molecule has 0 radical (unpaired) electrons. The quantitative estimate of drug-likeness (QED) is 0.762. The number of hydrogen-bond acceptors (Lipinski definition) is 3. The Kier molecular flexibility index (Phi) is 2.78. The minimum Gasteiger partial charge on any atom is -0.508 e. The van der Waals surface area contributed by atoms with Crippen LogP contribution in [-0.2, 0) is 10.2 Å². The fraction of sp³-hybridized carbons (Fsp3) is 0.533. The predicted octanol–water partition coefficient (Wildman–Crippen LogP) is 1.99. The number of phenolic OH excluding ortho intramolecular Hbond substituents is 1. The van der Waals surface area contributed by atoms with Gasteiger partial charge in [-0.25, -0.2) is 0 Å². The van der Waals surface area contributed by atoms with Crippen LogP contribution in [0.25, 0.3) is 0 Å². The Hall–Kier alpha value is -1.55. The molecular weight excluding hydrogens is 240 g/mol. The minimum atomic E-state index is -0.451. The number of benzene rings is 1. The molecule has 3 N–H and O–H groups in total. The zero-order chi connectivity index (χ0) is 13.6. The summed E-state index contributed by atoms with van der Waals surface area (Å²) in [5.74, 6) is 0.813. The van der Waals surface area contributed by atoms with Gasteiger partial charge >= 0.3 is 0 Å². The maximum atomic E-state index is 12.5. The fourth-order valence-corrected chi connectivity index (χ4v) is 3.52. The van der Waals surface area contributed by atoms with Crippen molar-refractivity contribution in [3.63, 3.8) is 0 Å². The SMILES string of the molecule is CC(C)CC1NCC[C@]12C(=O)Nc1cc(O)ccc12. The van der Waals surface area contributed by atoms with Crippen molar-refractivity contribution in [3.8, 4) is 5.75 Å². The second kappa shape index (κ2) is 4.23. The van der Waals surface area contributed by atoms with Crippen LogP contribution in [0.4, 0.5) is 5.69 Å². The van der Waals surface area contributed by atoms with Gasteiger partial charge in [-0.3, -0.25) is 4.79 Å². The van der Waals surface area contributed by atoms with E-state index in [9.17, 15) is 9.90 Å². The van der Waals surface area contributed by atoms with E-state index in [2.05, 4.69) is 24.5 Å². The smallest absolute Gasteiger partial charge is 0.236 e. The molecule has 1 saturated heterocycles. The lowest BCUT2D eigenvalue weighted by Crippen LogP contribution is -2.46. The molecule has 0 bridgehead atoms. The summed E-state index contributed by atoms with van der Waals surface area (Å²) in [5.41, 5.74) is 1.35. The van der Waals surface area contributed by atoms with Gasteiger partial charge in [-0.1, -0.05) is 19.9 Å². The first-order valence-corrected chi connectivity index (χ1v) is 6.92. The summed E-state index contributed by atoms with van der Waals surface area (Å²) in [6.07, 6.45) is 1.81. The Morgan fingerprint density at radius 1 is 1.47 bits per heavy atom. The van der Waals surface area contributed by atoms with Crippen LogP contribution in [0.3, 0.4) is 0 Å². The van der Waals surface area contributed by atoms with E-state index in [1.165, 1.54) is 0 Å². The van der Waals surface area contributed by atoms with Crippen LogP contribution < -0.4 is 10.6 Å². The van der Waals surface area contributed by atoms with Crippen LogP contribution in [0.5, 0.6) is 5.75 Å². The third-order valence-electron chi connectivity index (χ3n) is 4.35. The summed E-state index contributed by atoms with van der Waals surface area (Å²) in [6.45, 7) is 5.22. The molecule has 1 spiro atoms. The molecular formula is C15H20N2O2. The van der Waals surface area contributed by atoms with Gasteiger partial charge in [-0.05, 0) is 36.9 Å². The van der Waals surface area contributed by atoms with Crippen LogP contribution in [-0.4, -0.2) is 23.6 Å². The van der Waals surface area contributed by atoms with E-state index in [0.717, 1.165) is 30.6 Å². The summed E-state index contributed by atoms with van der Waals surface area (Å²) in [7, 11) is 0. The minimum absolute atomic E-state index is 0.0729. The standard InChI is InChI=1S/C15H20N2O2/c1-9(2)7-13-15(5-6-16-13)11-4-3-10(18)8-12(11)17-14(15)19/h3-4,8-9,13,16,18H,5-7H2,1-2H3,(H,17,19)/t13?,15-/m1/s1. The van der Waals surface area contributed by atoms with Crippen molar-refractivity contribution in [1.82, 2.24) is 5.32 Å². The molecule has 1 aromatic carbocycles. The van der Waals surface area contributed by atoms with E-state index in [0.29, 0.717) is 5.92 Å². The summed E-state index contributed by atoms with van der Waals surface area (Å²) < 4.78 is 0. The molecule has 1 unspecified atom stereocenters. The van der Waals surface area contributed by atoms with Crippen LogP contribution in [0.1, 0.15) is 32.3 Å². The lowest BCUT2D eigenvalue weighted by atomic mass is 9.73. The predicted molar refractivity (Wildman–Crippen MR) is 74.3 cm³/mol. The van der Waals surface area contributed by atoms with E-state index >= 15 is 0 Å². The van der Waals surface area contributed by atoms with Gasteiger partial charge in [0.1, 0.15) is 5.75 Å². The average Bonchev–Trinajstić information content (AvgIpc) is 2.84. The Bertz CT molecular complexity index is 527. The number of rotatable bonds is 2. The van der Waals surface area contributed by atoms with Crippen molar-refractivity contribution in [1.29, 1.82) is 0 Å². The first-order chi connectivity index (χ1) is 9.04. The Labute approximate surface area is 113 Å². The number of aromatic hydroxyl groups is 1. The van der Waals surface area contributed by atoms with E-state index in [1.54, 1.807) is 12.1 Å². The van der Waals surface area contributed by atoms with Gasteiger partial charge in [0.2, 0.25) is 5.91 Å². The number of anilines is 1. The number of amides is 1. The van der Waals surface area contributed by atoms with Gasteiger partial charge in [0.25, 0.3) is 0 Å². The summed E-state index contributed by atoms with van der Waals surface area (Å²) in [6, 6.07) is 5.39. The average molecular weight is 260 g/mol. The number of carbonyl (C=O) groups excluding carboxylic acids is 1. The van der Waals surface area contributed by atoms with Crippen molar-refractivity contribution >= 4 is 11.6 Å². The highest BCUT2D eigenvalue weighted by atomic mass is 16.3. The number of phenols is 1. The van der Waals surface area contributed by atoms with E-state index in [4.69, 9.17) is 0 Å². The van der Waals surface area contributed by atoms with Crippen LogP contribution in [0, 0.1) is 5.92 Å². The molecule has 2 aliphatic rings. The molecule has 1 aromatic rings. The highest BCUT2D eigenvalue weighted by Gasteiger charge is 2.54. The van der Waals surface area contributed by atoms with Crippen molar-refractivity contribution in [3.05, 3.63) is 23.8 Å². The van der Waals surface area contributed by atoms with Crippen LogP contribution in [0.2, 0.25) is 0 Å².